The minimum Gasteiger partial charge on any atom is -0.351 e. The van der Waals surface area contributed by atoms with E-state index >= 15 is 0 Å². The number of nitrogens with zero attached hydrogens (tertiary/aromatic N) is 1. The van der Waals surface area contributed by atoms with Gasteiger partial charge in [0.15, 0.2) is 0 Å². The third kappa shape index (κ3) is 3.21. The van der Waals surface area contributed by atoms with E-state index in [1.54, 1.807) is 6.08 Å². The van der Waals surface area contributed by atoms with E-state index in [0.29, 0.717) is 6.54 Å². The van der Waals surface area contributed by atoms with Crippen LogP contribution in [0.4, 0.5) is 0 Å². The zero-order chi connectivity index (χ0) is 12.0. The molecular formula is C13H18N2O. The Bertz CT molecular complexity index is 346. The topological polar surface area (TPSA) is 32.3 Å². The zero-order valence-corrected chi connectivity index (χ0v) is 9.81. The van der Waals surface area contributed by atoms with Crippen molar-refractivity contribution >= 4 is 5.91 Å². The molecule has 0 heterocycles. The van der Waals surface area contributed by atoms with Crippen LogP contribution in [0.1, 0.15) is 11.6 Å². The maximum Gasteiger partial charge on any atom is 0.242 e. The summed E-state index contributed by atoms with van der Waals surface area (Å²) < 4.78 is 0. The van der Waals surface area contributed by atoms with Crippen molar-refractivity contribution in [1.29, 1.82) is 0 Å². The molecule has 0 saturated heterocycles. The Labute approximate surface area is 96.8 Å². The van der Waals surface area contributed by atoms with Gasteiger partial charge in [-0.25, -0.2) is 0 Å². The predicted octanol–water partition coefficient (Wildman–Crippen LogP) is 1.59. The minimum absolute atomic E-state index is 0.00361. The molecule has 86 valence electrons. The van der Waals surface area contributed by atoms with Gasteiger partial charge in [-0.15, -0.1) is 6.58 Å². The highest BCUT2D eigenvalue weighted by atomic mass is 16.2. The molecule has 1 N–H and O–H groups in total. The third-order valence-corrected chi connectivity index (χ3v) is 2.30. The van der Waals surface area contributed by atoms with Crippen molar-refractivity contribution in [3.05, 3.63) is 48.6 Å². The molecule has 1 aromatic carbocycles. The van der Waals surface area contributed by atoms with E-state index in [2.05, 4.69) is 11.9 Å². The minimum atomic E-state index is -0.249. The van der Waals surface area contributed by atoms with E-state index in [1.165, 1.54) is 0 Å². The predicted molar refractivity (Wildman–Crippen MR) is 66.1 cm³/mol. The van der Waals surface area contributed by atoms with Gasteiger partial charge in [-0.1, -0.05) is 36.4 Å². The van der Waals surface area contributed by atoms with Crippen molar-refractivity contribution < 1.29 is 4.79 Å². The molecule has 0 fully saturated rings. The average Bonchev–Trinajstić information content (AvgIpc) is 2.27. The van der Waals surface area contributed by atoms with E-state index in [0.717, 1.165) is 5.56 Å². The SMILES string of the molecule is C=CCNC(=O)C(c1ccccc1)N(C)C. The summed E-state index contributed by atoms with van der Waals surface area (Å²) in [6.07, 6.45) is 1.68. The number of likely N-dealkylation sites (N-methyl/N-ethyl adjacent to an activating group) is 1. The van der Waals surface area contributed by atoms with Gasteiger partial charge in [0, 0.05) is 6.54 Å². The summed E-state index contributed by atoms with van der Waals surface area (Å²) in [6.45, 7) is 4.08. The van der Waals surface area contributed by atoms with Crippen LogP contribution in [0.5, 0.6) is 0 Å². The monoisotopic (exact) mass is 218 g/mol. The first-order valence-electron chi connectivity index (χ1n) is 5.26. The van der Waals surface area contributed by atoms with Crippen LogP contribution in [0.15, 0.2) is 43.0 Å². The Balaban J connectivity index is 2.83. The van der Waals surface area contributed by atoms with Gasteiger partial charge in [0.1, 0.15) is 6.04 Å². The van der Waals surface area contributed by atoms with E-state index < -0.39 is 0 Å². The molecule has 1 aromatic rings. The van der Waals surface area contributed by atoms with Crippen LogP contribution in [0.25, 0.3) is 0 Å². The van der Waals surface area contributed by atoms with E-state index in [-0.39, 0.29) is 11.9 Å². The summed E-state index contributed by atoms with van der Waals surface area (Å²) in [7, 11) is 3.79. The van der Waals surface area contributed by atoms with Crippen molar-refractivity contribution in [2.24, 2.45) is 0 Å². The van der Waals surface area contributed by atoms with E-state index in [1.807, 2.05) is 49.3 Å². The van der Waals surface area contributed by atoms with E-state index in [4.69, 9.17) is 0 Å². The molecule has 0 aliphatic rings. The fourth-order valence-corrected chi connectivity index (χ4v) is 1.59. The summed E-state index contributed by atoms with van der Waals surface area (Å²) in [4.78, 5) is 13.8. The molecule has 3 heteroatoms. The highest BCUT2D eigenvalue weighted by Crippen LogP contribution is 2.17. The Hall–Kier alpha value is -1.61. The van der Waals surface area contributed by atoms with Crippen LogP contribution < -0.4 is 5.32 Å². The number of rotatable bonds is 5. The number of amides is 1. The molecule has 16 heavy (non-hydrogen) atoms. The summed E-state index contributed by atoms with van der Waals surface area (Å²) in [5.74, 6) is -0.00361. The lowest BCUT2D eigenvalue weighted by atomic mass is 10.1. The number of hydrogen-bond donors (Lipinski definition) is 1. The number of nitrogens with one attached hydrogen (secondary N) is 1. The number of benzene rings is 1. The molecule has 1 rings (SSSR count). The maximum atomic E-state index is 11.9. The van der Waals surface area contributed by atoms with Gasteiger partial charge in [0.05, 0.1) is 0 Å². The Kier molecular flexibility index (Phi) is 4.73. The first kappa shape index (κ1) is 12.5. The summed E-state index contributed by atoms with van der Waals surface area (Å²) in [5.41, 5.74) is 0.995. The number of hydrogen-bond acceptors (Lipinski definition) is 2. The number of carbonyl (C=O) groups excluding carboxylic acids is 1. The van der Waals surface area contributed by atoms with Crippen LogP contribution in [-0.2, 0) is 4.79 Å². The van der Waals surface area contributed by atoms with Gasteiger partial charge < -0.3 is 5.32 Å². The van der Waals surface area contributed by atoms with Gasteiger partial charge >= 0.3 is 0 Å². The molecular weight excluding hydrogens is 200 g/mol. The molecule has 1 amide bonds. The lowest BCUT2D eigenvalue weighted by molar-refractivity contribution is -0.125. The maximum absolute atomic E-state index is 11.9. The largest absolute Gasteiger partial charge is 0.351 e. The molecule has 1 unspecified atom stereocenters. The van der Waals surface area contributed by atoms with Gasteiger partial charge in [-0.3, -0.25) is 9.69 Å². The molecule has 0 saturated carbocycles. The highest BCUT2D eigenvalue weighted by molar-refractivity contribution is 5.83. The van der Waals surface area contributed by atoms with Crippen LogP contribution in [0, 0.1) is 0 Å². The first-order chi connectivity index (χ1) is 7.66. The molecule has 3 nitrogen and oxygen atoms in total. The highest BCUT2D eigenvalue weighted by Gasteiger charge is 2.21. The zero-order valence-electron chi connectivity index (χ0n) is 9.81. The fourth-order valence-electron chi connectivity index (χ4n) is 1.59. The second-order valence-electron chi connectivity index (χ2n) is 3.81. The Morgan fingerprint density at radius 1 is 1.44 bits per heavy atom. The van der Waals surface area contributed by atoms with Crippen LogP contribution in [-0.4, -0.2) is 31.4 Å². The third-order valence-electron chi connectivity index (χ3n) is 2.30. The van der Waals surface area contributed by atoms with Gasteiger partial charge in [-0.2, -0.15) is 0 Å². The quantitative estimate of drug-likeness (QED) is 0.761. The summed E-state index contributed by atoms with van der Waals surface area (Å²) in [6, 6.07) is 9.48. The van der Waals surface area contributed by atoms with Gasteiger partial charge in [0.25, 0.3) is 0 Å². The van der Waals surface area contributed by atoms with Crippen LogP contribution in [0.2, 0.25) is 0 Å². The molecule has 0 aliphatic carbocycles. The molecule has 0 bridgehead atoms. The number of carbonyl (C=O) groups is 1. The van der Waals surface area contributed by atoms with Gasteiger partial charge in [0.2, 0.25) is 5.91 Å². The van der Waals surface area contributed by atoms with Crippen molar-refractivity contribution in [3.63, 3.8) is 0 Å². The summed E-state index contributed by atoms with van der Waals surface area (Å²) in [5, 5.41) is 2.81. The Morgan fingerprint density at radius 3 is 2.56 bits per heavy atom. The first-order valence-corrected chi connectivity index (χ1v) is 5.26. The molecule has 0 aromatic heterocycles. The summed E-state index contributed by atoms with van der Waals surface area (Å²) >= 11 is 0. The van der Waals surface area contributed by atoms with Gasteiger partial charge in [-0.05, 0) is 19.7 Å². The molecule has 1 atom stereocenters. The van der Waals surface area contributed by atoms with Crippen molar-refractivity contribution in [2.45, 2.75) is 6.04 Å². The molecule has 0 radical (unpaired) electrons. The molecule has 0 aliphatic heterocycles. The second-order valence-corrected chi connectivity index (χ2v) is 3.81. The smallest absolute Gasteiger partial charge is 0.242 e. The lowest BCUT2D eigenvalue weighted by Crippen LogP contribution is -2.37. The van der Waals surface area contributed by atoms with Crippen molar-refractivity contribution in [1.82, 2.24) is 10.2 Å². The molecule has 0 spiro atoms. The van der Waals surface area contributed by atoms with Crippen LogP contribution >= 0.6 is 0 Å². The Morgan fingerprint density at radius 2 is 2.06 bits per heavy atom. The van der Waals surface area contributed by atoms with Crippen LogP contribution in [0.3, 0.4) is 0 Å². The van der Waals surface area contributed by atoms with E-state index in [9.17, 15) is 4.79 Å². The lowest BCUT2D eigenvalue weighted by Gasteiger charge is -2.23. The van der Waals surface area contributed by atoms with Crippen molar-refractivity contribution in [2.75, 3.05) is 20.6 Å². The van der Waals surface area contributed by atoms with Crippen molar-refractivity contribution in [3.8, 4) is 0 Å². The normalized spacial score (nSPS) is 12.2. The average molecular weight is 218 g/mol. The fraction of sp³-hybridized carbons (Fsp3) is 0.308. The standard InChI is InChI=1S/C13H18N2O/c1-4-10-14-13(16)12(15(2)3)11-8-6-5-7-9-11/h4-9,12H,1,10H2,2-3H3,(H,14,16). The second kappa shape index (κ2) is 6.08.